The summed E-state index contributed by atoms with van der Waals surface area (Å²) in [5, 5.41) is 4.84. The summed E-state index contributed by atoms with van der Waals surface area (Å²) in [5.41, 5.74) is 2.31. The van der Waals surface area contributed by atoms with Crippen LogP contribution in [0.5, 0.6) is 5.75 Å². The highest BCUT2D eigenvalue weighted by Gasteiger charge is 2.40. The van der Waals surface area contributed by atoms with E-state index in [1.807, 2.05) is 24.3 Å². The van der Waals surface area contributed by atoms with Crippen molar-refractivity contribution in [3.05, 3.63) is 65.0 Å². The second kappa shape index (κ2) is 7.66. The Morgan fingerprint density at radius 2 is 2.06 bits per heavy atom. The second-order valence-electron chi connectivity index (χ2n) is 7.41. The molecule has 3 aromatic rings. The highest BCUT2D eigenvalue weighted by atomic mass is 35.5. The zero-order valence-corrected chi connectivity index (χ0v) is 17.5. The molecule has 0 N–H and O–H groups in total. The zero-order valence-electron chi connectivity index (χ0n) is 16.7. The monoisotopic (exact) mass is 438 g/mol. The maximum atomic E-state index is 13.3. The summed E-state index contributed by atoms with van der Waals surface area (Å²) in [7, 11) is 1.69. The second-order valence-corrected chi connectivity index (χ2v) is 7.77. The van der Waals surface area contributed by atoms with Gasteiger partial charge in [0.2, 0.25) is 0 Å². The third-order valence-electron chi connectivity index (χ3n) is 5.59. The molecule has 2 aliphatic heterocycles. The molecule has 31 heavy (non-hydrogen) atoms. The van der Waals surface area contributed by atoms with E-state index in [9.17, 15) is 9.59 Å². The molecule has 0 unspecified atom stereocenters. The lowest BCUT2D eigenvalue weighted by atomic mass is 10.0. The number of hydrogen-bond donors (Lipinski definition) is 0. The molecular formula is C21H19ClN6O3. The first-order valence-electron chi connectivity index (χ1n) is 9.85. The van der Waals surface area contributed by atoms with E-state index in [-0.39, 0.29) is 24.1 Å². The molecule has 1 aromatic carbocycles. The predicted octanol–water partition coefficient (Wildman–Crippen LogP) is 1.80. The maximum Gasteiger partial charge on any atom is 0.275 e. The van der Waals surface area contributed by atoms with Crippen LogP contribution in [0.3, 0.4) is 0 Å². The molecule has 2 amide bonds. The highest BCUT2D eigenvalue weighted by Crippen LogP contribution is 2.33. The number of hydrogen-bond acceptors (Lipinski definition) is 6. The Hall–Kier alpha value is -3.46. The number of anilines is 1. The van der Waals surface area contributed by atoms with Gasteiger partial charge in [0.05, 0.1) is 24.1 Å². The van der Waals surface area contributed by atoms with E-state index in [0.29, 0.717) is 47.4 Å². The minimum Gasteiger partial charge on any atom is -0.489 e. The van der Waals surface area contributed by atoms with E-state index in [2.05, 4.69) is 15.1 Å². The number of carbonyl (C=O) groups is 2. The van der Waals surface area contributed by atoms with Crippen LogP contribution in [0.15, 0.2) is 42.9 Å². The molecule has 0 aliphatic carbocycles. The van der Waals surface area contributed by atoms with E-state index < -0.39 is 6.04 Å². The molecule has 5 rings (SSSR count). The molecule has 2 aromatic heterocycles. The summed E-state index contributed by atoms with van der Waals surface area (Å²) < 4.78 is 7.42. The SMILES string of the molecule is CN1C(=O)[C@@H](N2CCc3c(nn(Cc4cnccn4)c3Cl)C2=O)COc2ccccc21. The van der Waals surface area contributed by atoms with Crippen LogP contribution >= 0.6 is 11.6 Å². The minimum atomic E-state index is -0.748. The highest BCUT2D eigenvalue weighted by molar-refractivity contribution is 6.31. The van der Waals surface area contributed by atoms with Gasteiger partial charge in [0, 0.05) is 31.5 Å². The first-order chi connectivity index (χ1) is 15.0. The summed E-state index contributed by atoms with van der Waals surface area (Å²) >= 11 is 6.51. The molecular weight excluding hydrogens is 420 g/mol. The number of likely N-dealkylation sites (N-methyl/N-ethyl adjacent to an activating group) is 1. The van der Waals surface area contributed by atoms with E-state index in [0.717, 1.165) is 0 Å². The van der Waals surface area contributed by atoms with Gasteiger partial charge in [-0.3, -0.25) is 19.6 Å². The van der Waals surface area contributed by atoms with Crippen molar-refractivity contribution in [2.24, 2.45) is 0 Å². The third kappa shape index (κ3) is 3.31. The van der Waals surface area contributed by atoms with Gasteiger partial charge in [-0.1, -0.05) is 23.7 Å². The number of benzene rings is 1. The average Bonchev–Trinajstić information content (AvgIpc) is 3.05. The fraction of sp³-hybridized carbons (Fsp3) is 0.286. The van der Waals surface area contributed by atoms with Crippen molar-refractivity contribution in [3.63, 3.8) is 0 Å². The molecule has 0 bridgehead atoms. The molecule has 0 fully saturated rings. The van der Waals surface area contributed by atoms with E-state index in [1.165, 1.54) is 9.80 Å². The molecule has 2 aliphatic rings. The number of carbonyl (C=O) groups excluding carboxylic acids is 2. The molecule has 0 saturated carbocycles. The van der Waals surface area contributed by atoms with Crippen LogP contribution in [-0.2, 0) is 17.8 Å². The lowest BCUT2D eigenvalue weighted by molar-refractivity contribution is -0.123. The van der Waals surface area contributed by atoms with Crippen molar-refractivity contribution >= 4 is 29.1 Å². The Morgan fingerprint density at radius 3 is 2.87 bits per heavy atom. The van der Waals surface area contributed by atoms with Gasteiger partial charge in [-0.15, -0.1) is 0 Å². The van der Waals surface area contributed by atoms with Crippen LogP contribution in [0, 0.1) is 0 Å². The summed E-state index contributed by atoms with van der Waals surface area (Å²) in [5.74, 6) is 0.0801. The van der Waals surface area contributed by atoms with E-state index in [4.69, 9.17) is 16.3 Å². The van der Waals surface area contributed by atoms with Gasteiger partial charge in [0.25, 0.3) is 11.8 Å². The van der Waals surface area contributed by atoms with Crippen LogP contribution in [0.25, 0.3) is 0 Å². The van der Waals surface area contributed by atoms with Crippen molar-refractivity contribution in [2.45, 2.75) is 19.0 Å². The number of ether oxygens (including phenoxy) is 1. The van der Waals surface area contributed by atoms with Crippen LogP contribution in [0.4, 0.5) is 5.69 Å². The van der Waals surface area contributed by atoms with Gasteiger partial charge in [0.1, 0.15) is 23.6 Å². The topological polar surface area (TPSA) is 93.5 Å². The Labute approximate surface area is 183 Å². The van der Waals surface area contributed by atoms with Gasteiger partial charge < -0.3 is 14.5 Å². The Kier molecular flexibility index (Phi) is 4.82. The number of aromatic nitrogens is 4. The van der Waals surface area contributed by atoms with Crippen LogP contribution in [0.2, 0.25) is 5.15 Å². The minimum absolute atomic E-state index is 0.0787. The summed E-state index contributed by atoms with van der Waals surface area (Å²) in [6, 6.07) is 6.57. The zero-order chi connectivity index (χ0) is 21.5. The normalized spacial score (nSPS) is 18.3. The lowest BCUT2D eigenvalue weighted by Crippen LogP contribution is -2.54. The van der Waals surface area contributed by atoms with Gasteiger partial charge in [-0.25, -0.2) is 4.68 Å². The summed E-state index contributed by atoms with van der Waals surface area (Å²) in [6.07, 6.45) is 5.30. The average molecular weight is 439 g/mol. The predicted molar refractivity (Wildman–Crippen MR) is 112 cm³/mol. The fourth-order valence-electron chi connectivity index (χ4n) is 3.97. The summed E-state index contributed by atoms with van der Waals surface area (Å²) in [4.78, 5) is 37.8. The molecule has 0 spiro atoms. The Morgan fingerprint density at radius 1 is 1.23 bits per heavy atom. The van der Waals surface area contributed by atoms with Crippen molar-refractivity contribution in [1.29, 1.82) is 0 Å². The molecule has 10 heteroatoms. The largest absolute Gasteiger partial charge is 0.489 e. The number of nitrogens with zero attached hydrogens (tertiary/aromatic N) is 6. The smallest absolute Gasteiger partial charge is 0.275 e. The first-order valence-corrected chi connectivity index (χ1v) is 10.2. The number of rotatable bonds is 3. The molecule has 0 saturated heterocycles. The van der Waals surface area contributed by atoms with Crippen molar-refractivity contribution < 1.29 is 14.3 Å². The molecule has 4 heterocycles. The van der Waals surface area contributed by atoms with Crippen molar-refractivity contribution in [1.82, 2.24) is 24.6 Å². The lowest BCUT2D eigenvalue weighted by Gasteiger charge is -2.33. The molecule has 1 atom stereocenters. The molecule has 9 nitrogen and oxygen atoms in total. The van der Waals surface area contributed by atoms with Crippen LogP contribution in [-0.4, -0.2) is 62.7 Å². The van der Waals surface area contributed by atoms with E-state index in [1.54, 1.807) is 30.3 Å². The van der Waals surface area contributed by atoms with E-state index >= 15 is 0 Å². The summed E-state index contributed by atoms with van der Waals surface area (Å²) in [6.45, 7) is 0.734. The maximum absolute atomic E-state index is 13.3. The van der Waals surface area contributed by atoms with Crippen LogP contribution < -0.4 is 9.64 Å². The number of para-hydroxylation sites is 2. The fourth-order valence-corrected chi connectivity index (χ4v) is 4.25. The number of amides is 2. The first kappa shape index (κ1) is 19.5. The molecule has 158 valence electrons. The van der Waals surface area contributed by atoms with Gasteiger partial charge in [0.15, 0.2) is 5.69 Å². The standard InChI is InChI=1S/C21H19ClN6O3/c1-26-15-4-2-3-5-17(15)31-12-16(20(26)29)27-9-6-14-18(21(27)30)25-28(19(14)22)11-13-10-23-7-8-24-13/h2-5,7-8,10,16H,6,9,11-12H2,1H3/t16-/m0/s1. The van der Waals surface area contributed by atoms with Gasteiger partial charge in [-0.2, -0.15) is 5.10 Å². The molecule has 0 radical (unpaired) electrons. The Bertz CT molecular complexity index is 1170. The van der Waals surface area contributed by atoms with Crippen LogP contribution in [0.1, 0.15) is 21.7 Å². The van der Waals surface area contributed by atoms with Gasteiger partial charge >= 0.3 is 0 Å². The number of fused-ring (bicyclic) bond motifs is 2. The third-order valence-corrected chi connectivity index (χ3v) is 6.02. The van der Waals surface area contributed by atoms with Crippen molar-refractivity contribution in [3.8, 4) is 5.75 Å². The van der Waals surface area contributed by atoms with Crippen molar-refractivity contribution in [2.75, 3.05) is 25.1 Å². The quantitative estimate of drug-likeness (QED) is 0.619. The Balaban J connectivity index is 1.42. The van der Waals surface area contributed by atoms with Gasteiger partial charge in [-0.05, 0) is 18.6 Å². The number of halogens is 1.